The zero-order valence-corrected chi connectivity index (χ0v) is 13.4. The van der Waals surface area contributed by atoms with Crippen LogP contribution >= 0.6 is 0 Å². The number of nitrogens with one attached hydrogen (secondary N) is 1. The molecule has 1 amide bonds. The van der Waals surface area contributed by atoms with E-state index in [1.807, 2.05) is 10.9 Å². The Balaban J connectivity index is 1.65. The Morgan fingerprint density at radius 1 is 1.57 bits per heavy atom. The number of carbonyl (C=O) groups is 1. The van der Waals surface area contributed by atoms with Crippen molar-refractivity contribution >= 4 is 5.91 Å². The van der Waals surface area contributed by atoms with E-state index in [0.29, 0.717) is 37.6 Å². The second-order valence-electron chi connectivity index (χ2n) is 5.51. The van der Waals surface area contributed by atoms with Crippen molar-refractivity contribution in [3.8, 4) is 0 Å². The lowest BCUT2D eigenvalue weighted by Gasteiger charge is -2.22. The van der Waals surface area contributed by atoms with Crippen LogP contribution in [0.1, 0.15) is 33.5 Å². The molecule has 2 aromatic heterocycles. The minimum atomic E-state index is -0.223. The summed E-state index contributed by atoms with van der Waals surface area (Å²) in [6.45, 7) is 4.10. The summed E-state index contributed by atoms with van der Waals surface area (Å²) in [5, 5.41) is 7.46. The third-order valence-electron chi connectivity index (χ3n) is 3.94. The van der Waals surface area contributed by atoms with E-state index in [2.05, 4.69) is 10.4 Å². The fourth-order valence-corrected chi connectivity index (χ4v) is 2.69. The van der Waals surface area contributed by atoms with Crippen LogP contribution in [0.3, 0.4) is 0 Å². The van der Waals surface area contributed by atoms with Crippen molar-refractivity contribution in [2.24, 2.45) is 0 Å². The van der Waals surface area contributed by atoms with E-state index in [-0.39, 0.29) is 12.0 Å². The van der Waals surface area contributed by atoms with Crippen molar-refractivity contribution in [3.05, 3.63) is 41.1 Å². The third-order valence-corrected chi connectivity index (χ3v) is 3.94. The highest BCUT2D eigenvalue weighted by atomic mass is 16.5. The van der Waals surface area contributed by atoms with Crippen molar-refractivity contribution in [1.29, 1.82) is 0 Å². The Kier molecular flexibility index (Phi) is 4.78. The summed E-state index contributed by atoms with van der Waals surface area (Å²) in [6.07, 6.45) is 4.16. The molecule has 7 nitrogen and oxygen atoms in total. The normalized spacial score (nSPS) is 17.0. The minimum absolute atomic E-state index is 0.161. The average molecular weight is 319 g/mol. The minimum Gasteiger partial charge on any atom is -0.469 e. The van der Waals surface area contributed by atoms with Gasteiger partial charge in [0.05, 0.1) is 37.3 Å². The molecular formula is C16H21N3O4. The van der Waals surface area contributed by atoms with Gasteiger partial charge in [-0.2, -0.15) is 5.10 Å². The molecule has 3 heterocycles. The van der Waals surface area contributed by atoms with Crippen molar-refractivity contribution in [2.45, 2.75) is 26.0 Å². The first-order valence-electron chi connectivity index (χ1n) is 7.68. The van der Waals surface area contributed by atoms with Crippen LogP contribution in [0.5, 0.6) is 0 Å². The Hall–Kier alpha value is -2.12. The Morgan fingerprint density at radius 2 is 2.43 bits per heavy atom. The number of amides is 1. The van der Waals surface area contributed by atoms with Gasteiger partial charge >= 0.3 is 0 Å². The standard InChI is InChI=1S/C16H21N3O4/c1-11-13(4-7-22-11)16(20)17-9-14-15-12(3-6-23-14)10-19(18-15)5-8-21-2/h4,7,10,14H,3,5-6,8-9H2,1-2H3,(H,17,20)/t14-/m0/s1. The highest BCUT2D eigenvalue weighted by Crippen LogP contribution is 2.25. The number of furan rings is 1. The van der Waals surface area contributed by atoms with Crippen LogP contribution in [0.2, 0.25) is 0 Å². The maximum atomic E-state index is 12.2. The summed E-state index contributed by atoms with van der Waals surface area (Å²) >= 11 is 0. The van der Waals surface area contributed by atoms with E-state index in [4.69, 9.17) is 13.9 Å². The van der Waals surface area contributed by atoms with Crippen LogP contribution in [0.4, 0.5) is 0 Å². The number of rotatable bonds is 6. The van der Waals surface area contributed by atoms with Crippen LogP contribution in [0.25, 0.3) is 0 Å². The molecule has 3 rings (SSSR count). The number of hydrogen-bond acceptors (Lipinski definition) is 5. The van der Waals surface area contributed by atoms with Gasteiger partial charge < -0.3 is 19.2 Å². The molecule has 0 aliphatic carbocycles. The second-order valence-corrected chi connectivity index (χ2v) is 5.51. The molecule has 1 atom stereocenters. The van der Waals surface area contributed by atoms with Gasteiger partial charge in [-0.1, -0.05) is 0 Å². The van der Waals surface area contributed by atoms with E-state index in [1.54, 1.807) is 20.1 Å². The van der Waals surface area contributed by atoms with Crippen LogP contribution in [0.15, 0.2) is 22.9 Å². The van der Waals surface area contributed by atoms with Gasteiger partial charge in [0.15, 0.2) is 0 Å². The predicted octanol–water partition coefficient (Wildman–Crippen LogP) is 1.47. The number of ether oxygens (including phenoxy) is 2. The molecular weight excluding hydrogens is 298 g/mol. The van der Waals surface area contributed by atoms with Crippen LogP contribution < -0.4 is 5.32 Å². The van der Waals surface area contributed by atoms with Gasteiger partial charge in [-0.05, 0) is 25.0 Å². The first-order chi connectivity index (χ1) is 11.2. The van der Waals surface area contributed by atoms with E-state index in [0.717, 1.165) is 12.1 Å². The first-order valence-corrected chi connectivity index (χ1v) is 7.68. The molecule has 7 heteroatoms. The van der Waals surface area contributed by atoms with Crippen molar-refractivity contribution < 1.29 is 18.7 Å². The smallest absolute Gasteiger partial charge is 0.254 e. The average Bonchev–Trinajstić information content (AvgIpc) is 3.16. The molecule has 0 aromatic carbocycles. The van der Waals surface area contributed by atoms with Gasteiger partial charge in [-0.3, -0.25) is 9.48 Å². The summed E-state index contributed by atoms with van der Waals surface area (Å²) in [4.78, 5) is 12.2. The predicted molar refractivity (Wildman–Crippen MR) is 82.3 cm³/mol. The summed E-state index contributed by atoms with van der Waals surface area (Å²) in [5.41, 5.74) is 2.62. The summed E-state index contributed by atoms with van der Waals surface area (Å²) < 4.78 is 17.9. The monoisotopic (exact) mass is 319 g/mol. The van der Waals surface area contributed by atoms with E-state index in [9.17, 15) is 4.79 Å². The maximum Gasteiger partial charge on any atom is 0.254 e. The Bertz CT molecular complexity index is 677. The zero-order chi connectivity index (χ0) is 16.2. The number of nitrogens with zero attached hydrogens (tertiary/aromatic N) is 2. The SMILES string of the molecule is COCCn1cc2c(n1)[C@H](CNC(=O)c1ccoc1C)OCC2. The number of aryl methyl sites for hydroxylation is 1. The van der Waals surface area contributed by atoms with Crippen LogP contribution in [0, 0.1) is 6.92 Å². The fourth-order valence-electron chi connectivity index (χ4n) is 2.69. The van der Waals surface area contributed by atoms with E-state index in [1.165, 1.54) is 11.8 Å². The van der Waals surface area contributed by atoms with Crippen molar-refractivity contribution in [2.75, 3.05) is 26.9 Å². The molecule has 0 fully saturated rings. The van der Waals surface area contributed by atoms with E-state index >= 15 is 0 Å². The molecule has 1 aliphatic rings. The van der Waals surface area contributed by atoms with Crippen LogP contribution in [-0.4, -0.2) is 42.6 Å². The molecule has 0 radical (unpaired) electrons. The molecule has 124 valence electrons. The molecule has 1 N–H and O–H groups in total. The van der Waals surface area contributed by atoms with Gasteiger partial charge in [0.1, 0.15) is 11.9 Å². The lowest BCUT2D eigenvalue weighted by atomic mass is 10.1. The summed E-state index contributed by atoms with van der Waals surface area (Å²) in [5.74, 6) is 0.447. The Labute approximate surface area is 134 Å². The molecule has 0 unspecified atom stereocenters. The Morgan fingerprint density at radius 3 is 3.17 bits per heavy atom. The number of methoxy groups -OCH3 is 1. The highest BCUT2D eigenvalue weighted by molar-refractivity contribution is 5.95. The van der Waals surface area contributed by atoms with Crippen molar-refractivity contribution in [1.82, 2.24) is 15.1 Å². The molecule has 23 heavy (non-hydrogen) atoms. The van der Waals surface area contributed by atoms with Crippen molar-refractivity contribution in [3.63, 3.8) is 0 Å². The first kappa shape index (κ1) is 15.8. The van der Waals surface area contributed by atoms with Gasteiger partial charge in [0.2, 0.25) is 0 Å². The van der Waals surface area contributed by atoms with Gasteiger partial charge in [-0.25, -0.2) is 0 Å². The largest absolute Gasteiger partial charge is 0.469 e. The number of hydrogen-bond donors (Lipinski definition) is 1. The topological polar surface area (TPSA) is 78.5 Å². The molecule has 0 spiro atoms. The quantitative estimate of drug-likeness (QED) is 0.872. The summed E-state index contributed by atoms with van der Waals surface area (Å²) in [7, 11) is 1.67. The number of aromatic nitrogens is 2. The summed E-state index contributed by atoms with van der Waals surface area (Å²) in [6, 6.07) is 1.66. The molecule has 0 saturated carbocycles. The second kappa shape index (κ2) is 6.97. The van der Waals surface area contributed by atoms with E-state index < -0.39 is 0 Å². The third kappa shape index (κ3) is 3.46. The lowest BCUT2D eigenvalue weighted by molar-refractivity contribution is 0.0382. The molecule has 2 aromatic rings. The molecule has 0 saturated heterocycles. The molecule has 0 bridgehead atoms. The lowest BCUT2D eigenvalue weighted by Crippen LogP contribution is -2.32. The highest BCUT2D eigenvalue weighted by Gasteiger charge is 2.25. The van der Waals surface area contributed by atoms with Gasteiger partial charge in [0, 0.05) is 19.9 Å². The fraction of sp³-hybridized carbons (Fsp3) is 0.500. The van der Waals surface area contributed by atoms with Crippen LogP contribution in [-0.2, 0) is 22.4 Å². The van der Waals surface area contributed by atoms with Gasteiger partial charge in [-0.15, -0.1) is 0 Å². The number of fused-ring (bicyclic) bond motifs is 1. The zero-order valence-electron chi connectivity index (χ0n) is 13.4. The van der Waals surface area contributed by atoms with Gasteiger partial charge in [0.25, 0.3) is 5.91 Å². The number of carbonyl (C=O) groups excluding carboxylic acids is 1. The molecule has 1 aliphatic heterocycles. The maximum absolute atomic E-state index is 12.2.